The van der Waals surface area contributed by atoms with Gasteiger partial charge in [0.2, 0.25) is 0 Å². The highest BCUT2D eigenvalue weighted by Gasteiger charge is 2.30. The van der Waals surface area contributed by atoms with Crippen LogP contribution in [0.5, 0.6) is 0 Å². The maximum atomic E-state index is 12.6. The molecule has 1 aliphatic rings. The van der Waals surface area contributed by atoms with Crippen molar-refractivity contribution in [2.45, 2.75) is 31.8 Å². The standard InChI is InChI=1S/C17H21N3O2S/c21-9-3-8-20(17(22)18-10-14-11-23-12-19-14)16-7-6-13-4-1-2-5-15(13)16/h1-2,4-5,11-12,16,21H,3,6-10H2,(H,18,22). The van der Waals surface area contributed by atoms with Gasteiger partial charge < -0.3 is 15.3 Å². The third kappa shape index (κ3) is 3.71. The summed E-state index contributed by atoms with van der Waals surface area (Å²) < 4.78 is 0. The number of hydrogen-bond donors (Lipinski definition) is 2. The van der Waals surface area contributed by atoms with Crippen LogP contribution in [0.15, 0.2) is 35.2 Å². The second-order valence-corrected chi connectivity index (χ2v) is 6.38. The fraction of sp³-hybridized carbons (Fsp3) is 0.412. The number of nitrogens with one attached hydrogen (secondary N) is 1. The zero-order valence-corrected chi connectivity index (χ0v) is 13.8. The number of carbonyl (C=O) groups excluding carboxylic acids is 1. The molecule has 0 radical (unpaired) electrons. The number of aliphatic hydroxyl groups is 1. The van der Waals surface area contributed by atoms with Crippen LogP contribution < -0.4 is 5.32 Å². The van der Waals surface area contributed by atoms with Crippen LogP contribution in [0.4, 0.5) is 4.79 Å². The summed E-state index contributed by atoms with van der Waals surface area (Å²) in [5, 5.41) is 14.0. The van der Waals surface area contributed by atoms with Crippen LogP contribution in [0.1, 0.15) is 35.7 Å². The van der Waals surface area contributed by atoms with Crippen LogP contribution in [0.3, 0.4) is 0 Å². The summed E-state index contributed by atoms with van der Waals surface area (Å²) in [4.78, 5) is 18.7. The summed E-state index contributed by atoms with van der Waals surface area (Å²) in [6.45, 7) is 1.08. The first-order valence-corrected chi connectivity index (χ1v) is 8.84. The van der Waals surface area contributed by atoms with Crippen LogP contribution in [0.2, 0.25) is 0 Å². The molecule has 2 N–H and O–H groups in total. The van der Waals surface area contributed by atoms with E-state index in [1.54, 1.807) is 5.51 Å². The molecule has 0 bridgehead atoms. The lowest BCUT2D eigenvalue weighted by Crippen LogP contribution is -2.42. The average molecular weight is 331 g/mol. The molecule has 1 heterocycles. The number of aliphatic hydroxyl groups excluding tert-OH is 1. The molecule has 0 saturated heterocycles. The fourth-order valence-electron chi connectivity index (χ4n) is 3.09. The first kappa shape index (κ1) is 16.0. The van der Waals surface area contributed by atoms with Gasteiger partial charge in [0.15, 0.2) is 0 Å². The number of benzene rings is 1. The van der Waals surface area contributed by atoms with Gasteiger partial charge in [0, 0.05) is 18.5 Å². The summed E-state index contributed by atoms with van der Waals surface area (Å²) >= 11 is 1.52. The Balaban J connectivity index is 1.71. The Morgan fingerprint density at radius 3 is 3.09 bits per heavy atom. The molecular formula is C17H21N3O2S. The van der Waals surface area contributed by atoms with Gasteiger partial charge in [-0.2, -0.15) is 0 Å². The van der Waals surface area contributed by atoms with Crippen molar-refractivity contribution in [2.75, 3.05) is 13.2 Å². The molecule has 1 aromatic heterocycles. The predicted octanol–water partition coefficient (Wildman–Crippen LogP) is 2.72. The van der Waals surface area contributed by atoms with E-state index >= 15 is 0 Å². The van der Waals surface area contributed by atoms with Crippen molar-refractivity contribution in [3.63, 3.8) is 0 Å². The minimum Gasteiger partial charge on any atom is -0.396 e. The number of nitrogens with zero attached hydrogens (tertiary/aromatic N) is 2. The highest BCUT2D eigenvalue weighted by Crippen LogP contribution is 2.35. The summed E-state index contributed by atoms with van der Waals surface area (Å²) in [5.74, 6) is 0. The number of amides is 2. The van der Waals surface area contributed by atoms with Crippen LogP contribution in [0.25, 0.3) is 0 Å². The third-order valence-corrected chi connectivity index (χ3v) is 4.83. The molecular weight excluding hydrogens is 310 g/mol. The maximum absolute atomic E-state index is 12.6. The monoisotopic (exact) mass is 331 g/mol. The number of carbonyl (C=O) groups is 1. The van der Waals surface area contributed by atoms with E-state index in [2.05, 4.69) is 22.4 Å². The minimum absolute atomic E-state index is 0.0875. The third-order valence-electron chi connectivity index (χ3n) is 4.20. The highest BCUT2D eigenvalue weighted by molar-refractivity contribution is 7.07. The van der Waals surface area contributed by atoms with Crippen molar-refractivity contribution in [1.29, 1.82) is 0 Å². The number of rotatable bonds is 6. The van der Waals surface area contributed by atoms with E-state index in [1.165, 1.54) is 22.5 Å². The van der Waals surface area contributed by atoms with Crippen LogP contribution in [0, 0.1) is 0 Å². The van der Waals surface area contributed by atoms with Crippen LogP contribution in [-0.4, -0.2) is 34.2 Å². The summed E-state index contributed by atoms with van der Waals surface area (Å²) in [5.41, 5.74) is 5.18. The summed E-state index contributed by atoms with van der Waals surface area (Å²) in [6.07, 6.45) is 2.52. The van der Waals surface area contributed by atoms with Gasteiger partial charge in [0.25, 0.3) is 0 Å². The number of urea groups is 1. The number of aryl methyl sites for hydroxylation is 1. The van der Waals surface area contributed by atoms with Crippen molar-refractivity contribution in [3.8, 4) is 0 Å². The number of aromatic nitrogens is 1. The largest absolute Gasteiger partial charge is 0.396 e. The van der Waals surface area contributed by atoms with Gasteiger partial charge in [0.1, 0.15) is 0 Å². The lowest BCUT2D eigenvalue weighted by Gasteiger charge is -2.29. The molecule has 122 valence electrons. The molecule has 3 rings (SSSR count). The van der Waals surface area contributed by atoms with Crippen molar-refractivity contribution >= 4 is 17.4 Å². The second kappa shape index (κ2) is 7.57. The van der Waals surface area contributed by atoms with E-state index in [-0.39, 0.29) is 18.7 Å². The van der Waals surface area contributed by atoms with Crippen LogP contribution in [-0.2, 0) is 13.0 Å². The normalized spacial score (nSPS) is 16.1. The first-order chi connectivity index (χ1) is 11.3. The molecule has 0 fully saturated rings. The van der Waals surface area contributed by atoms with Gasteiger partial charge in [-0.25, -0.2) is 9.78 Å². The molecule has 5 nitrogen and oxygen atoms in total. The van der Waals surface area contributed by atoms with E-state index in [0.717, 1.165) is 18.5 Å². The smallest absolute Gasteiger partial charge is 0.318 e. The molecule has 2 amide bonds. The van der Waals surface area contributed by atoms with E-state index in [1.807, 2.05) is 22.4 Å². The van der Waals surface area contributed by atoms with Gasteiger partial charge in [-0.1, -0.05) is 24.3 Å². The molecule has 0 spiro atoms. The quantitative estimate of drug-likeness (QED) is 0.855. The zero-order chi connectivity index (χ0) is 16.1. The van der Waals surface area contributed by atoms with E-state index in [0.29, 0.717) is 19.5 Å². The summed E-state index contributed by atoms with van der Waals surface area (Å²) in [7, 11) is 0. The predicted molar refractivity (Wildman–Crippen MR) is 90.3 cm³/mol. The molecule has 6 heteroatoms. The van der Waals surface area contributed by atoms with Gasteiger partial charge in [-0.3, -0.25) is 0 Å². The topological polar surface area (TPSA) is 65.5 Å². The molecule has 2 aromatic rings. The van der Waals surface area contributed by atoms with Crippen molar-refractivity contribution < 1.29 is 9.90 Å². The lowest BCUT2D eigenvalue weighted by molar-refractivity contribution is 0.164. The number of fused-ring (bicyclic) bond motifs is 1. The Kier molecular flexibility index (Phi) is 5.25. The van der Waals surface area contributed by atoms with E-state index in [4.69, 9.17) is 5.11 Å². The van der Waals surface area contributed by atoms with Gasteiger partial charge in [-0.05, 0) is 30.4 Å². The summed E-state index contributed by atoms with van der Waals surface area (Å²) in [6, 6.07) is 8.30. The van der Waals surface area contributed by atoms with E-state index in [9.17, 15) is 4.79 Å². The molecule has 1 unspecified atom stereocenters. The molecule has 23 heavy (non-hydrogen) atoms. The fourth-order valence-corrected chi connectivity index (χ4v) is 3.65. The van der Waals surface area contributed by atoms with Crippen molar-refractivity contribution in [1.82, 2.24) is 15.2 Å². The molecule has 0 aliphatic heterocycles. The van der Waals surface area contributed by atoms with Gasteiger partial charge in [-0.15, -0.1) is 11.3 Å². The zero-order valence-electron chi connectivity index (χ0n) is 12.9. The molecule has 1 aromatic carbocycles. The highest BCUT2D eigenvalue weighted by atomic mass is 32.1. The SMILES string of the molecule is O=C(NCc1cscn1)N(CCCO)C1CCc2ccccc21. The van der Waals surface area contributed by atoms with Gasteiger partial charge in [0.05, 0.1) is 23.8 Å². The van der Waals surface area contributed by atoms with E-state index < -0.39 is 0 Å². The Labute approximate surface area is 140 Å². The van der Waals surface area contributed by atoms with Gasteiger partial charge >= 0.3 is 6.03 Å². The van der Waals surface area contributed by atoms with Crippen molar-refractivity contribution in [3.05, 3.63) is 52.0 Å². The molecule has 0 saturated carbocycles. The molecule has 1 atom stereocenters. The Hall–Kier alpha value is -1.92. The lowest BCUT2D eigenvalue weighted by atomic mass is 10.1. The number of hydrogen-bond acceptors (Lipinski definition) is 4. The number of thiazole rings is 1. The average Bonchev–Trinajstić information content (AvgIpc) is 3.23. The second-order valence-electron chi connectivity index (χ2n) is 5.66. The molecule has 1 aliphatic carbocycles. The Bertz CT molecular complexity index is 645. The minimum atomic E-state index is -0.0897. The Morgan fingerprint density at radius 1 is 1.43 bits per heavy atom. The first-order valence-electron chi connectivity index (χ1n) is 7.90. The Morgan fingerprint density at radius 2 is 2.30 bits per heavy atom. The maximum Gasteiger partial charge on any atom is 0.318 e. The van der Waals surface area contributed by atoms with Crippen LogP contribution >= 0.6 is 11.3 Å². The van der Waals surface area contributed by atoms with Crippen molar-refractivity contribution in [2.24, 2.45) is 0 Å².